The van der Waals surface area contributed by atoms with E-state index in [0.29, 0.717) is 12.8 Å². The van der Waals surface area contributed by atoms with E-state index in [2.05, 4.69) is 74.6 Å². The molecule has 0 aromatic heterocycles. The van der Waals surface area contributed by atoms with Gasteiger partial charge in [-0.3, -0.25) is 18.6 Å². The first kappa shape index (κ1) is 54.4. The smallest absolute Gasteiger partial charge is 0.457 e. The first-order valence-electron chi connectivity index (χ1n) is 21.9. The maximum Gasteiger partial charge on any atom is 0.472 e. The summed E-state index contributed by atoms with van der Waals surface area (Å²) in [5.74, 6) is -1.11. The molecule has 0 rings (SSSR count). The molecule has 0 saturated carbocycles. The average Bonchev–Trinajstić information content (AvgIpc) is 3.20. The van der Waals surface area contributed by atoms with Gasteiger partial charge in [0.15, 0.2) is 0 Å². The second-order valence-corrected chi connectivity index (χ2v) is 15.8. The Bertz CT molecular complexity index is 1180. The molecular formula is C46H79O10P. The van der Waals surface area contributed by atoms with Gasteiger partial charge in [0.1, 0.15) is 12.2 Å². The molecule has 0 spiro atoms. The van der Waals surface area contributed by atoms with Crippen LogP contribution in [0.4, 0.5) is 0 Å². The van der Waals surface area contributed by atoms with Gasteiger partial charge >= 0.3 is 19.8 Å². The zero-order valence-corrected chi connectivity index (χ0v) is 36.4. The van der Waals surface area contributed by atoms with Crippen LogP contribution in [0.25, 0.3) is 0 Å². The lowest BCUT2D eigenvalue weighted by atomic mass is 10.0. The predicted molar refractivity (Wildman–Crippen MR) is 233 cm³/mol. The molecule has 57 heavy (non-hydrogen) atoms. The second-order valence-electron chi connectivity index (χ2n) is 14.3. The van der Waals surface area contributed by atoms with Crippen molar-refractivity contribution in [1.29, 1.82) is 0 Å². The highest BCUT2D eigenvalue weighted by atomic mass is 31.2. The number of phosphoric ester groups is 1. The zero-order chi connectivity index (χ0) is 41.9. The topological polar surface area (TPSA) is 149 Å². The molecule has 3 atom stereocenters. The number of carbonyl (C=O) groups excluding carboxylic acids is 2. The van der Waals surface area contributed by atoms with Crippen LogP contribution < -0.4 is 0 Å². The SMILES string of the molecule is CC/C=C\C/C=C\C/C=C\C/C=C\C/C=C\C/C=C\CCC(=O)OC(CO)COP(=O)(O)OCC(CO)OC(=O)CCCCCCCCCCCCCCCCC. The van der Waals surface area contributed by atoms with Crippen LogP contribution in [0.1, 0.15) is 168 Å². The largest absolute Gasteiger partial charge is 0.472 e. The molecular weight excluding hydrogens is 743 g/mol. The third-order valence-corrected chi connectivity index (χ3v) is 9.90. The second kappa shape index (κ2) is 41.6. The van der Waals surface area contributed by atoms with Crippen LogP contribution in [0.15, 0.2) is 72.9 Å². The summed E-state index contributed by atoms with van der Waals surface area (Å²) >= 11 is 0. The summed E-state index contributed by atoms with van der Waals surface area (Å²) in [5, 5.41) is 19.2. The van der Waals surface area contributed by atoms with Gasteiger partial charge in [-0.05, 0) is 51.4 Å². The Morgan fingerprint density at radius 1 is 0.491 bits per heavy atom. The molecule has 0 aliphatic rings. The number of rotatable bonds is 40. The Morgan fingerprint density at radius 3 is 1.19 bits per heavy atom. The zero-order valence-electron chi connectivity index (χ0n) is 35.5. The third kappa shape index (κ3) is 40.0. The van der Waals surface area contributed by atoms with Gasteiger partial charge in [-0.15, -0.1) is 0 Å². The number of ether oxygens (including phenoxy) is 2. The summed E-state index contributed by atoms with van der Waals surface area (Å²) in [4.78, 5) is 34.5. The van der Waals surface area contributed by atoms with Crippen molar-refractivity contribution < 1.29 is 47.8 Å². The highest BCUT2D eigenvalue weighted by molar-refractivity contribution is 7.47. The van der Waals surface area contributed by atoms with Crippen LogP contribution in [0.3, 0.4) is 0 Å². The number of aliphatic hydroxyl groups excluding tert-OH is 2. The fourth-order valence-corrected chi connectivity index (χ4v) is 6.39. The molecule has 0 amide bonds. The van der Waals surface area contributed by atoms with Crippen LogP contribution in [0.5, 0.6) is 0 Å². The van der Waals surface area contributed by atoms with Crippen LogP contribution >= 0.6 is 7.82 Å². The van der Waals surface area contributed by atoms with Gasteiger partial charge in [0, 0.05) is 12.8 Å². The lowest BCUT2D eigenvalue weighted by Crippen LogP contribution is -2.28. The van der Waals surface area contributed by atoms with Gasteiger partial charge in [-0.1, -0.05) is 177 Å². The minimum absolute atomic E-state index is 0.0644. The first-order chi connectivity index (χ1) is 27.8. The molecule has 0 aliphatic heterocycles. The summed E-state index contributed by atoms with van der Waals surface area (Å²) in [5.41, 5.74) is 0. The number of hydrogen-bond donors (Lipinski definition) is 3. The van der Waals surface area contributed by atoms with E-state index in [0.717, 1.165) is 57.8 Å². The van der Waals surface area contributed by atoms with Crippen molar-refractivity contribution in [3.63, 3.8) is 0 Å². The molecule has 0 bridgehead atoms. The molecule has 0 aliphatic carbocycles. The van der Waals surface area contributed by atoms with Crippen molar-refractivity contribution in [3.05, 3.63) is 72.9 Å². The standard InChI is InChI=1S/C46H79O10P/c1-3-5-7-9-11-13-15-17-19-20-21-22-24-26-28-30-32-34-36-38-46(50)56-44(40-48)42-54-57(51,52)53-41-43(39-47)55-45(49)37-35-33-31-29-27-25-23-18-16-14-12-10-8-6-4-2/h5,7,11,13,17,19,21-22,26,28,32,34,43-44,47-48H,3-4,6,8-10,12,14-16,18,20,23-25,27,29-31,33,35-42H2,1-2H3,(H,51,52)/b7-5-,13-11-,19-17-,22-21-,28-26-,34-32-. The highest BCUT2D eigenvalue weighted by Gasteiger charge is 2.27. The molecule has 0 saturated heterocycles. The minimum Gasteiger partial charge on any atom is -0.457 e. The molecule has 328 valence electrons. The van der Waals surface area contributed by atoms with Gasteiger partial charge in [0.05, 0.1) is 26.4 Å². The van der Waals surface area contributed by atoms with Crippen molar-refractivity contribution in [1.82, 2.24) is 0 Å². The summed E-state index contributed by atoms with van der Waals surface area (Å²) < 4.78 is 32.5. The number of esters is 2. The molecule has 0 radical (unpaired) electrons. The lowest BCUT2D eigenvalue weighted by Gasteiger charge is -2.20. The van der Waals surface area contributed by atoms with Crippen molar-refractivity contribution in [2.75, 3.05) is 26.4 Å². The highest BCUT2D eigenvalue weighted by Crippen LogP contribution is 2.43. The number of aliphatic hydroxyl groups is 2. The number of unbranched alkanes of at least 4 members (excludes halogenated alkanes) is 14. The van der Waals surface area contributed by atoms with Crippen molar-refractivity contribution in [2.45, 2.75) is 180 Å². The Labute approximate surface area is 346 Å². The molecule has 0 aromatic carbocycles. The minimum atomic E-state index is -4.66. The van der Waals surface area contributed by atoms with E-state index in [4.69, 9.17) is 18.5 Å². The fraction of sp³-hybridized carbons (Fsp3) is 0.696. The van der Waals surface area contributed by atoms with Crippen molar-refractivity contribution in [3.8, 4) is 0 Å². The van der Waals surface area contributed by atoms with Gasteiger partial charge < -0.3 is 24.6 Å². The van der Waals surface area contributed by atoms with Crippen LogP contribution in [0.2, 0.25) is 0 Å². The Morgan fingerprint density at radius 2 is 0.825 bits per heavy atom. The molecule has 3 N–H and O–H groups in total. The first-order valence-corrected chi connectivity index (χ1v) is 23.4. The van der Waals surface area contributed by atoms with Gasteiger partial charge in [-0.2, -0.15) is 0 Å². The van der Waals surface area contributed by atoms with Crippen molar-refractivity contribution >= 4 is 19.8 Å². The lowest BCUT2D eigenvalue weighted by molar-refractivity contribution is -0.153. The van der Waals surface area contributed by atoms with Gasteiger partial charge in [-0.25, -0.2) is 4.57 Å². The number of hydrogen-bond acceptors (Lipinski definition) is 9. The third-order valence-electron chi connectivity index (χ3n) is 8.95. The van der Waals surface area contributed by atoms with E-state index >= 15 is 0 Å². The molecule has 0 fully saturated rings. The molecule has 11 heteroatoms. The van der Waals surface area contributed by atoms with E-state index in [9.17, 15) is 29.3 Å². The van der Waals surface area contributed by atoms with Gasteiger partial charge in [0.2, 0.25) is 0 Å². The average molecular weight is 823 g/mol. The van der Waals surface area contributed by atoms with E-state index in [-0.39, 0.29) is 12.8 Å². The van der Waals surface area contributed by atoms with Gasteiger partial charge in [0.25, 0.3) is 0 Å². The van der Waals surface area contributed by atoms with E-state index in [1.54, 1.807) is 0 Å². The summed E-state index contributed by atoms with van der Waals surface area (Å²) in [7, 11) is -4.66. The molecule has 0 aromatic rings. The Kier molecular flexibility index (Phi) is 39.7. The van der Waals surface area contributed by atoms with Crippen molar-refractivity contribution in [2.24, 2.45) is 0 Å². The molecule has 0 heterocycles. The quantitative estimate of drug-likeness (QED) is 0.0236. The predicted octanol–water partition coefficient (Wildman–Crippen LogP) is 11.7. The van der Waals surface area contributed by atoms with Crippen LogP contribution in [-0.4, -0.2) is 65.7 Å². The van der Waals surface area contributed by atoms with E-state index < -0.39 is 58.4 Å². The summed E-state index contributed by atoms with van der Waals surface area (Å²) in [6, 6.07) is 0. The van der Waals surface area contributed by atoms with E-state index in [1.807, 2.05) is 12.2 Å². The number of phosphoric acid groups is 1. The maximum absolute atomic E-state index is 12.4. The number of allylic oxidation sites excluding steroid dienone is 12. The Balaban J connectivity index is 4.03. The maximum atomic E-state index is 12.4. The fourth-order valence-electron chi connectivity index (χ4n) is 5.61. The monoisotopic (exact) mass is 823 g/mol. The Hall–Kier alpha value is -2.59. The molecule has 10 nitrogen and oxygen atoms in total. The molecule has 3 unspecified atom stereocenters. The van der Waals surface area contributed by atoms with E-state index in [1.165, 1.54) is 70.6 Å². The summed E-state index contributed by atoms with van der Waals surface area (Å²) in [6.07, 6.45) is 47.4. The normalized spacial score (nSPS) is 14.5. The van der Waals surface area contributed by atoms with Crippen LogP contribution in [0, 0.1) is 0 Å². The van der Waals surface area contributed by atoms with Crippen LogP contribution in [-0.2, 0) is 32.7 Å². The number of carbonyl (C=O) groups is 2. The summed E-state index contributed by atoms with van der Waals surface area (Å²) in [6.45, 7) is 2.01.